The summed E-state index contributed by atoms with van der Waals surface area (Å²) >= 11 is 0. The van der Waals surface area contributed by atoms with Crippen LogP contribution in [0.3, 0.4) is 0 Å². The molecule has 0 unspecified atom stereocenters. The van der Waals surface area contributed by atoms with Gasteiger partial charge in [0.15, 0.2) is 0 Å². The summed E-state index contributed by atoms with van der Waals surface area (Å²) in [6, 6.07) is 3.82. The topological polar surface area (TPSA) is 49.2 Å². The zero-order valence-corrected chi connectivity index (χ0v) is 14.5. The molecule has 25 heavy (non-hydrogen) atoms. The number of aromatic nitrogens is 3. The van der Waals surface area contributed by atoms with Gasteiger partial charge in [0.1, 0.15) is 5.69 Å². The van der Waals surface area contributed by atoms with Crippen molar-refractivity contribution in [3.8, 4) is 0 Å². The van der Waals surface area contributed by atoms with Crippen molar-refractivity contribution >= 4 is 12.6 Å². The maximum atomic E-state index is 12.7. The minimum atomic E-state index is -4.46. The molecule has 9 heteroatoms. The predicted molar refractivity (Wildman–Crippen MR) is 86.3 cm³/mol. The Morgan fingerprint density at radius 3 is 2.36 bits per heavy atom. The first-order valence-corrected chi connectivity index (χ1v) is 7.89. The second kappa shape index (κ2) is 5.84. The fraction of sp³-hybridized carbons (Fsp3) is 0.500. The van der Waals surface area contributed by atoms with Crippen LogP contribution in [0.1, 0.15) is 39.1 Å². The van der Waals surface area contributed by atoms with Gasteiger partial charge in [0.25, 0.3) is 0 Å². The van der Waals surface area contributed by atoms with Gasteiger partial charge in [0.05, 0.1) is 23.4 Å². The van der Waals surface area contributed by atoms with Crippen molar-refractivity contribution in [1.82, 2.24) is 14.8 Å². The molecule has 1 fully saturated rings. The third-order valence-corrected chi connectivity index (χ3v) is 4.60. The third kappa shape index (κ3) is 3.57. The molecular formula is C16H19BF3N3O2. The first-order valence-electron chi connectivity index (χ1n) is 7.89. The number of halogens is 3. The summed E-state index contributed by atoms with van der Waals surface area (Å²) in [5, 5.41) is 4.18. The lowest BCUT2D eigenvalue weighted by Gasteiger charge is -2.32. The van der Waals surface area contributed by atoms with Crippen molar-refractivity contribution in [2.24, 2.45) is 0 Å². The largest absolute Gasteiger partial charge is 0.498 e. The van der Waals surface area contributed by atoms with Gasteiger partial charge in [-0.05, 0) is 39.8 Å². The molecule has 0 saturated carbocycles. The Bertz CT molecular complexity index is 758. The molecule has 0 aromatic carbocycles. The van der Waals surface area contributed by atoms with Gasteiger partial charge in [-0.1, -0.05) is 6.07 Å². The van der Waals surface area contributed by atoms with E-state index in [-0.39, 0.29) is 12.2 Å². The standard InChI is InChI=1S/C16H19BF3N3O2/c1-14(2)15(3,4)25-17(24-14)11-8-21-23(9-11)10-12-6-5-7-13(22-12)16(18,19)20/h5-9H,10H2,1-4H3. The maximum absolute atomic E-state index is 12.7. The molecule has 2 aromatic rings. The van der Waals surface area contributed by atoms with Crippen LogP contribution < -0.4 is 5.46 Å². The fourth-order valence-corrected chi connectivity index (χ4v) is 2.46. The number of alkyl halides is 3. The first-order chi connectivity index (χ1) is 11.5. The summed E-state index contributed by atoms with van der Waals surface area (Å²) < 4.78 is 51.6. The van der Waals surface area contributed by atoms with Crippen LogP contribution in [-0.4, -0.2) is 33.1 Å². The summed E-state index contributed by atoms with van der Waals surface area (Å²) in [5.41, 5.74) is -0.864. The van der Waals surface area contributed by atoms with Crippen LogP contribution >= 0.6 is 0 Å². The lowest BCUT2D eigenvalue weighted by Crippen LogP contribution is -2.41. The minimum Gasteiger partial charge on any atom is -0.399 e. The molecule has 0 spiro atoms. The maximum Gasteiger partial charge on any atom is 0.498 e. The van der Waals surface area contributed by atoms with Crippen LogP contribution in [0.15, 0.2) is 30.6 Å². The quantitative estimate of drug-likeness (QED) is 0.796. The van der Waals surface area contributed by atoms with E-state index in [1.165, 1.54) is 16.8 Å². The molecule has 0 radical (unpaired) electrons. The third-order valence-electron chi connectivity index (χ3n) is 4.60. The van der Waals surface area contributed by atoms with Gasteiger partial charge in [-0.25, -0.2) is 4.98 Å². The normalized spacial score (nSPS) is 19.4. The molecule has 0 amide bonds. The molecule has 3 rings (SSSR count). The Morgan fingerprint density at radius 2 is 1.76 bits per heavy atom. The van der Waals surface area contributed by atoms with Gasteiger partial charge in [-0.2, -0.15) is 18.3 Å². The lowest BCUT2D eigenvalue weighted by atomic mass is 9.82. The summed E-state index contributed by atoms with van der Waals surface area (Å²) in [6.45, 7) is 7.92. The predicted octanol–water partition coefficient (Wildman–Crippen LogP) is 2.64. The molecule has 2 aromatic heterocycles. The van der Waals surface area contributed by atoms with Crippen LogP contribution in [0.4, 0.5) is 13.2 Å². The van der Waals surface area contributed by atoms with E-state index in [1.807, 2.05) is 27.7 Å². The smallest absolute Gasteiger partial charge is 0.399 e. The molecule has 134 valence electrons. The number of rotatable bonds is 3. The average Bonchev–Trinajstić information content (AvgIpc) is 3.01. The molecule has 5 nitrogen and oxygen atoms in total. The summed E-state index contributed by atoms with van der Waals surface area (Å²) in [5.74, 6) is 0. The van der Waals surface area contributed by atoms with Crippen molar-refractivity contribution in [3.63, 3.8) is 0 Å². The molecule has 1 aliphatic heterocycles. The highest BCUT2D eigenvalue weighted by atomic mass is 19.4. The minimum absolute atomic E-state index is 0.128. The van der Waals surface area contributed by atoms with Crippen molar-refractivity contribution in [2.75, 3.05) is 0 Å². The van der Waals surface area contributed by atoms with Crippen LogP contribution in [-0.2, 0) is 22.0 Å². The SMILES string of the molecule is CC1(C)OB(c2cnn(Cc3cccc(C(F)(F)F)n3)c2)OC1(C)C. The van der Waals surface area contributed by atoms with E-state index in [1.54, 1.807) is 12.4 Å². The van der Waals surface area contributed by atoms with E-state index in [4.69, 9.17) is 9.31 Å². The Morgan fingerprint density at radius 1 is 1.12 bits per heavy atom. The summed E-state index contributed by atoms with van der Waals surface area (Å²) in [7, 11) is -0.562. The van der Waals surface area contributed by atoms with Gasteiger partial charge < -0.3 is 9.31 Å². The van der Waals surface area contributed by atoms with Gasteiger partial charge in [-0.15, -0.1) is 0 Å². The lowest BCUT2D eigenvalue weighted by molar-refractivity contribution is -0.141. The Labute approximate surface area is 144 Å². The van der Waals surface area contributed by atoms with Crippen molar-refractivity contribution in [1.29, 1.82) is 0 Å². The summed E-state index contributed by atoms with van der Waals surface area (Å²) in [6.07, 6.45) is -1.17. The first kappa shape index (κ1) is 17.9. The van der Waals surface area contributed by atoms with Crippen molar-refractivity contribution < 1.29 is 22.5 Å². The fourth-order valence-electron chi connectivity index (χ4n) is 2.46. The average molecular weight is 353 g/mol. The van der Waals surface area contributed by atoms with Crippen molar-refractivity contribution in [2.45, 2.75) is 51.6 Å². The van der Waals surface area contributed by atoms with Gasteiger partial charge in [0, 0.05) is 17.9 Å². The van der Waals surface area contributed by atoms with E-state index >= 15 is 0 Å². The molecule has 1 saturated heterocycles. The number of hydrogen-bond donors (Lipinski definition) is 0. The van der Waals surface area contributed by atoms with Gasteiger partial charge >= 0.3 is 13.3 Å². The zero-order chi connectivity index (χ0) is 18.5. The molecule has 0 atom stereocenters. The number of pyridine rings is 1. The highest BCUT2D eigenvalue weighted by Gasteiger charge is 2.52. The van der Waals surface area contributed by atoms with E-state index in [9.17, 15) is 13.2 Å². The molecule has 3 heterocycles. The second-order valence-corrected chi connectivity index (χ2v) is 7.07. The second-order valence-electron chi connectivity index (χ2n) is 7.07. The zero-order valence-electron chi connectivity index (χ0n) is 14.5. The van der Waals surface area contributed by atoms with Crippen molar-refractivity contribution in [3.05, 3.63) is 42.0 Å². The molecule has 1 aliphatic rings. The van der Waals surface area contributed by atoms with E-state index in [0.717, 1.165) is 6.07 Å². The van der Waals surface area contributed by atoms with Crippen LogP contribution in [0.2, 0.25) is 0 Å². The summed E-state index contributed by atoms with van der Waals surface area (Å²) in [4.78, 5) is 3.64. The highest BCUT2D eigenvalue weighted by Crippen LogP contribution is 2.36. The van der Waals surface area contributed by atoms with Crippen LogP contribution in [0.5, 0.6) is 0 Å². The molecule has 0 aliphatic carbocycles. The Balaban J connectivity index is 1.75. The number of nitrogens with zero attached hydrogens (tertiary/aromatic N) is 3. The van der Waals surface area contributed by atoms with E-state index in [2.05, 4.69) is 10.1 Å². The molecule has 0 N–H and O–H groups in total. The monoisotopic (exact) mass is 353 g/mol. The highest BCUT2D eigenvalue weighted by molar-refractivity contribution is 6.61. The Hall–Kier alpha value is -1.87. The molecule has 0 bridgehead atoms. The van der Waals surface area contributed by atoms with Gasteiger partial charge in [0.2, 0.25) is 0 Å². The van der Waals surface area contributed by atoms with Crippen LogP contribution in [0.25, 0.3) is 0 Å². The van der Waals surface area contributed by atoms with Gasteiger partial charge in [-0.3, -0.25) is 4.68 Å². The van der Waals surface area contributed by atoms with Crippen LogP contribution in [0, 0.1) is 0 Å². The number of hydrogen-bond acceptors (Lipinski definition) is 4. The molecular weight excluding hydrogens is 334 g/mol. The van der Waals surface area contributed by atoms with E-state index in [0.29, 0.717) is 5.46 Å². The van der Waals surface area contributed by atoms with E-state index < -0.39 is 30.2 Å². The Kier molecular flexibility index (Phi) is 4.19.